The molecule has 3 aromatic rings. The van der Waals surface area contributed by atoms with Crippen LogP contribution in [0.5, 0.6) is 0 Å². The highest BCUT2D eigenvalue weighted by molar-refractivity contribution is 5.63. The van der Waals surface area contributed by atoms with Crippen molar-refractivity contribution in [3.8, 4) is 23.6 Å². The van der Waals surface area contributed by atoms with E-state index in [0.717, 1.165) is 16.9 Å². The van der Waals surface area contributed by atoms with Crippen LogP contribution in [0.15, 0.2) is 43.0 Å². The van der Waals surface area contributed by atoms with Crippen molar-refractivity contribution < 1.29 is 0 Å². The van der Waals surface area contributed by atoms with Crippen molar-refractivity contribution in [2.75, 3.05) is 0 Å². The van der Waals surface area contributed by atoms with E-state index in [1.807, 2.05) is 39.7 Å². The van der Waals surface area contributed by atoms with Crippen LogP contribution >= 0.6 is 0 Å². The van der Waals surface area contributed by atoms with E-state index in [1.54, 1.807) is 12.4 Å². The van der Waals surface area contributed by atoms with Crippen LogP contribution in [0.3, 0.4) is 0 Å². The fourth-order valence-electron chi connectivity index (χ4n) is 1.82. The molecule has 0 aliphatic carbocycles. The molecule has 0 aliphatic heterocycles. The second kappa shape index (κ2) is 3.80. The Morgan fingerprint density at radius 1 is 1.35 bits per heavy atom. The minimum Gasteiger partial charge on any atom is -0.320 e. The van der Waals surface area contributed by atoms with E-state index in [-0.39, 0.29) is 0 Å². The zero-order chi connectivity index (χ0) is 11.7. The molecule has 0 unspecified atom stereocenters. The Kier molecular flexibility index (Phi) is 2.16. The van der Waals surface area contributed by atoms with Gasteiger partial charge in [-0.25, -0.2) is 4.52 Å². The van der Waals surface area contributed by atoms with Crippen LogP contribution < -0.4 is 0 Å². The third-order valence-corrected chi connectivity index (χ3v) is 2.62. The Morgan fingerprint density at radius 2 is 2.29 bits per heavy atom. The summed E-state index contributed by atoms with van der Waals surface area (Å²) in [6.07, 6.45) is 12.7. The lowest BCUT2D eigenvalue weighted by atomic mass is 10.2. The molecule has 0 amide bonds. The van der Waals surface area contributed by atoms with Crippen molar-refractivity contribution in [2.45, 2.75) is 6.54 Å². The number of aromatic nitrogens is 4. The third kappa shape index (κ3) is 1.58. The number of imidazole rings is 1. The predicted molar refractivity (Wildman–Crippen MR) is 65.2 cm³/mol. The molecule has 0 saturated heterocycles. The number of rotatable bonds is 2. The lowest BCUT2D eigenvalue weighted by molar-refractivity contribution is 0.869. The summed E-state index contributed by atoms with van der Waals surface area (Å²) in [5.41, 5.74) is 2.89. The van der Waals surface area contributed by atoms with Crippen molar-refractivity contribution in [3.63, 3.8) is 0 Å². The lowest BCUT2D eigenvalue weighted by Crippen LogP contribution is -1.92. The van der Waals surface area contributed by atoms with Crippen molar-refractivity contribution in [3.05, 3.63) is 43.0 Å². The molecule has 3 aromatic heterocycles. The van der Waals surface area contributed by atoms with Gasteiger partial charge in [0.1, 0.15) is 5.65 Å². The largest absolute Gasteiger partial charge is 0.320 e. The summed E-state index contributed by atoms with van der Waals surface area (Å²) < 4.78 is 3.80. The molecule has 4 heteroatoms. The molecule has 0 atom stereocenters. The minimum absolute atomic E-state index is 0.550. The molecule has 3 rings (SSSR count). The maximum absolute atomic E-state index is 5.32. The molecule has 0 radical (unpaired) electrons. The molecule has 82 valence electrons. The molecular weight excluding hydrogens is 212 g/mol. The van der Waals surface area contributed by atoms with Crippen LogP contribution in [0.1, 0.15) is 0 Å². The Balaban J connectivity index is 2.12. The van der Waals surface area contributed by atoms with Gasteiger partial charge in [-0.15, -0.1) is 6.42 Å². The monoisotopic (exact) mass is 222 g/mol. The quantitative estimate of drug-likeness (QED) is 0.620. The standard InChI is InChI=1S/C13H10N4/c1-2-6-16-7-8-17-13(16)9-12(15-17)11-4-3-5-14-10-11/h1,3-5,7-10H,6H2. The Bertz CT molecular complexity index is 685. The van der Waals surface area contributed by atoms with Crippen LogP contribution in [0.4, 0.5) is 0 Å². The van der Waals surface area contributed by atoms with Gasteiger partial charge in [-0.2, -0.15) is 5.10 Å². The molecule has 0 aliphatic rings. The third-order valence-electron chi connectivity index (χ3n) is 2.62. The van der Waals surface area contributed by atoms with Gasteiger partial charge >= 0.3 is 0 Å². The molecule has 0 aromatic carbocycles. The first kappa shape index (κ1) is 9.67. The second-order valence-electron chi connectivity index (χ2n) is 3.70. The average Bonchev–Trinajstić information content (AvgIpc) is 2.93. The Labute approximate surface area is 98.5 Å². The summed E-state index contributed by atoms with van der Waals surface area (Å²) in [4.78, 5) is 4.09. The maximum atomic E-state index is 5.32. The maximum Gasteiger partial charge on any atom is 0.137 e. The second-order valence-corrected chi connectivity index (χ2v) is 3.70. The summed E-state index contributed by atoms with van der Waals surface area (Å²) in [5.74, 6) is 2.62. The lowest BCUT2D eigenvalue weighted by Gasteiger charge is -1.94. The molecule has 0 N–H and O–H groups in total. The predicted octanol–water partition coefficient (Wildman–Crippen LogP) is 1.83. The molecule has 0 saturated carbocycles. The molecule has 0 spiro atoms. The highest BCUT2D eigenvalue weighted by atomic mass is 15.3. The van der Waals surface area contributed by atoms with Gasteiger partial charge in [-0.1, -0.05) is 5.92 Å². The summed E-state index contributed by atoms with van der Waals surface area (Å²) >= 11 is 0. The van der Waals surface area contributed by atoms with Crippen LogP contribution in [0.25, 0.3) is 16.9 Å². The van der Waals surface area contributed by atoms with E-state index in [4.69, 9.17) is 6.42 Å². The van der Waals surface area contributed by atoms with Crippen LogP contribution in [-0.2, 0) is 6.54 Å². The number of pyridine rings is 1. The summed E-state index contributed by atoms with van der Waals surface area (Å²) in [5, 5.41) is 4.47. The summed E-state index contributed by atoms with van der Waals surface area (Å²) in [7, 11) is 0. The zero-order valence-electron chi connectivity index (χ0n) is 9.11. The molecule has 4 nitrogen and oxygen atoms in total. The van der Waals surface area contributed by atoms with Gasteiger partial charge in [0, 0.05) is 36.4 Å². The highest BCUT2D eigenvalue weighted by Crippen LogP contribution is 2.18. The number of hydrogen-bond acceptors (Lipinski definition) is 2. The van der Waals surface area contributed by atoms with E-state index in [9.17, 15) is 0 Å². The molecule has 0 fully saturated rings. The van der Waals surface area contributed by atoms with Crippen molar-refractivity contribution in [1.29, 1.82) is 0 Å². The minimum atomic E-state index is 0.550. The number of hydrogen-bond donors (Lipinski definition) is 0. The van der Waals surface area contributed by atoms with Crippen molar-refractivity contribution >= 4 is 5.65 Å². The first-order valence-electron chi connectivity index (χ1n) is 5.27. The fourth-order valence-corrected chi connectivity index (χ4v) is 1.82. The van der Waals surface area contributed by atoms with Gasteiger partial charge in [0.05, 0.1) is 12.2 Å². The topological polar surface area (TPSA) is 35.1 Å². The Hall–Kier alpha value is -2.54. The fraction of sp³-hybridized carbons (Fsp3) is 0.0769. The SMILES string of the molecule is C#CCn1ccn2nc(-c3cccnc3)cc12. The first-order chi connectivity index (χ1) is 8.38. The van der Waals surface area contributed by atoms with Crippen molar-refractivity contribution in [2.24, 2.45) is 0 Å². The van der Waals surface area contributed by atoms with Gasteiger partial charge in [-0.05, 0) is 12.1 Å². The van der Waals surface area contributed by atoms with E-state index in [0.29, 0.717) is 6.54 Å². The van der Waals surface area contributed by atoms with E-state index >= 15 is 0 Å². The van der Waals surface area contributed by atoms with Gasteiger partial charge in [0.25, 0.3) is 0 Å². The van der Waals surface area contributed by atoms with Gasteiger partial charge in [-0.3, -0.25) is 4.98 Å². The highest BCUT2D eigenvalue weighted by Gasteiger charge is 2.07. The normalized spacial score (nSPS) is 10.5. The summed E-state index contributed by atoms with van der Waals surface area (Å²) in [6, 6.07) is 5.89. The van der Waals surface area contributed by atoms with E-state index < -0.39 is 0 Å². The van der Waals surface area contributed by atoms with E-state index in [1.165, 1.54) is 0 Å². The first-order valence-corrected chi connectivity index (χ1v) is 5.27. The van der Waals surface area contributed by atoms with E-state index in [2.05, 4.69) is 16.0 Å². The summed E-state index contributed by atoms with van der Waals surface area (Å²) in [6.45, 7) is 0.550. The van der Waals surface area contributed by atoms with Gasteiger partial charge in [0.2, 0.25) is 0 Å². The number of terminal acetylenes is 1. The van der Waals surface area contributed by atoms with Crippen LogP contribution in [-0.4, -0.2) is 19.2 Å². The zero-order valence-corrected chi connectivity index (χ0v) is 9.11. The molecular formula is C13H10N4. The number of nitrogens with zero attached hydrogens (tertiary/aromatic N) is 4. The van der Waals surface area contributed by atoms with Crippen molar-refractivity contribution in [1.82, 2.24) is 19.2 Å². The number of fused-ring (bicyclic) bond motifs is 1. The van der Waals surface area contributed by atoms with Gasteiger partial charge in [0.15, 0.2) is 0 Å². The smallest absolute Gasteiger partial charge is 0.137 e. The Morgan fingerprint density at radius 3 is 3.06 bits per heavy atom. The average molecular weight is 222 g/mol. The van der Waals surface area contributed by atoms with Crippen LogP contribution in [0.2, 0.25) is 0 Å². The van der Waals surface area contributed by atoms with Crippen LogP contribution in [0, 0.1) is 12.3 Å². The van der Waals surface area contributed by atoms with Gasteiger partial charge < -0.3 is 4.57 Å². The molecule has 17 heavy (non-hydrogen) atoms. The molecule has 3 heterocycles. The molecule has 0 bridgehead atoms.